The number of carbonyl (C=O) groups is 1. The molecule has 0 aliphatic carbocycles. The Morgan fingerprint density at radius 1 is 1.37 bits per heavy atom. The third kappa shape index (κ3) is 3.07. The topological polar surface area (TPSA) is 110 Å². The second kappa shape index (κ2) is 6.22. The SMILES string of the molecule is CC1=C(C(=O)O)C(c2cccc([N+](=O)[O-])c2)c2c(C(C)(C)C)nn(C)c2N1. The maximum atomic E-state index is 12.1. The molecule has 0 saturated carbocycles. The normalized spacial score (nSPS) is 16.7. The van der Waals surface area contributed by atoms with Crippen LogP contribution in [0.3, 0.4) is 0 Å². The Morgan fingerprint density at radius 3 is 2.59 bits per heavy atom. The summed E-state index contributed by atoms with van der Waals surface area (Å²) in [5, 5.41) is 28.9. The van der Waals surface area contributed by atoms with Crippen LogP contribution >= 0.6 is 0 Å². The minimum absolute atomic E-state index is 0.0730. The van der Waals surface area contributed by atoms with E-state index in [4.69, 9.17) is 0 Å². The number of benzene rings is 1. The molecule has 3 rings (SSSR count). The molecule has 0 saturated heterocycles. The van der Waals surface area contributed by atoms with Gasteiger partial charge in [0.25, 0.3) is 5.69 Å². The lowest BCUT2D eigenvalue weighted by atomic mass is 9.77. The first-order chi connectivity index (χ1) is 12.5. The van der Waals surface area contributed by atoms with E-state index >= 15 is 0 Å². The zero-order valence-corrected chi connectivity index (χ0v) is 15.9. The zero-order valence-electron chi connectivity index (χ0n) is 15.9. The highest BCUT2D eigenvalue weighted by Crippen LogP contribution is 2.46. The van der Waals surface area contributed by atoms with Gasteiger partial charge in [0.05, 0.1) is 16.2 Å². The molecule has 0 bridgehead atoms. The van der Waals surface area contributed by atoms with Gasteiger partial charge in [0, 0.05) is 41.8 Å². The fraction of sp³-hybridized carbons (Fsp3) is 0.368. The first kappa shape index (κ1) is 18.6. The molecule has 142 valence electrons. The van der Waals surface area contributed by atoms with Crippen LogP contribution in [0.4, 0.5) is 11.5 Å². The molecule has 0 radical (unpaired) electrons. The summed E-state index contributed by atoms with van der Waals surface area (Å²) < 4.78 is 1.70. The lowest BCUT2D eigenvalue weighted by Crippen LogP contribution is -2.25. The Kier molecular flexibility index (Phi) is 4.29. The molecule has 1 aliphatic rings. The molecule has 1 unspecified atom stereocenters. The number of nitrogens with zero attached hydrogens (tertiary/aromatic N) is 3. The van der Waals surface area contributed by atoms with Crippen LogP contribution in [0.15, 0.2) is 35.5 Å². The molecular weight excluding hydrogens is 348 g/mol. The van der Waals surface area contributed by atoms with Crippen LogP contribution in [-0.2, 0) is 17.3 Å². The van der Waals surface area contributed by atoms with Crippen LogP contribution in [0.2, 0.25) is 0 Å². The lowest BCUT2D eigenvalue weighted by Gasteiger charge is -2.29. The number of fused-ring (bicyclic) bond motifs is 1. The molecule has 0 spiro atoms. The number of nitro benzene ring substituents is 1. The second-order valence-corrected chi connectivity index (χ2v) is 7.74. The van der Waals surface area contributed by atoms with Crippen molar-refractivity contribution in [2.45, 2.75) is 39.0 Å². The van der Waals surface area contributed by atoms with E-state index in [-0.39, 0.29) is 16.7 Å². The van der Waals surface area contributed by atoms with Crippen molar-refractivity contribution in [3.05, 3.63) is 62.5 Å². The molecular formula is C19H22N4O4. The number of hydrogen-bond donors (Lipinski definition) is 2. The van der Waals surface area contributed by atoms with Crippen molar-refractivity contribution < 1.29 is 14.8 Å². The molecule has 2 N–H and O–H groups in total. The minimum atomic E-state index is -1.06. The van der Waals surface area contributed by atoms with E-state index in [1.165, 1.54) is 12.1 Å². The molecule has 1 aliphatic heterocycles. The Balaban J connectivity index is 2.35. The number of nitro groups is 1. The summed E-state index contributed by atoms with van der Waals surface area (Å²) in [5.41, 5.74) is 2.32. The van der Waals surface area contributed by atoms with Gasteiger partial charge in [0.1, 0.15) is 5.82 Å². The van der Waals surface area contributed by atoms with Crippen LogP contribution in [0, 0.1) is 10.1 Å². The van der Waals surface area contributed by atoms with Gasteiger partial charge in [-0.15, -0.1) is 0 Å². The van der Waals surface area contributed by atoms with E-state index < -0.39 is 16.8 Å². The number of rotatable bonds is 3. The molecule has 8 nitrogen and oxygen atoms in total. The number of nitrogens with one attached hydrogen (secondary N) is 1. The van der Waals surface area contributed by atoms with Gasteiger partial charge in [-0.1, -0.05) is 32.9 Å². The summed E-state index contributed by atoms with van der Waals surface area (Å²) in [6, 6.07) is 6.14. The highest BCUT2D eigenvalue weighted by molar-refractivity contribution is 5.93. The predicted molar refractivity (Wildman–Crippen MR) is 101 cm³/mol. The average Bonchev–Trinajstić information content (AvgIpc) is 2.90. The summed E-state index contributed by atoms with van der Waals surface area (Å²) >= 11 is 0. The molecule has 2 aromatic rings. The monoisotopic (exact) mass is 370 g/mol. The van der Waals surface area contributed by atoms with E-state index in [0.717, 1.165) is 11.3 Å². The summed E-state index contributed by atoms with van der Waals surface area (Å²) in [6.45, 7) is 7.71. The van der Waals surface area contributed by atoms with Crippen molar-refractivity contribution in [1.29, 1.82) is 0 Å². The maximum Gasteiger partial charge on any atom is 0.334 e. The van der Waals surface area contributed by atoms with Gasteiger partial charge in [-0.05, 0) is 12.5 Å². The van der Waals surface area contributed by atoms with Crippen LogP contribution in [0.5, 0.6) is 0 Å². The third-order valence-electron chi connectivity index (χ3n) is 4.73. The van der Waals surface area contributed by atoms with Gasteiger partial charge >= 0.3 is 5.97 Å². The predicted octanol–water partition coefficient (Wildman–Crippen LogP) is 3.54. The van der Waals surface area contributed by atoms with Crippen LogP contribution in [0.25, 0.3) is 0 Å². The van der Waals surface area contributed by atoms with Crippen molar-refractivity contribution in [1.82, 2.24) is 9.78 Å². The van der Waals surface area contributed by atoms with E-state index in [1.54, 1.807) is 30.8 Å². The summed E-state index contributed by atoms with van der Waals surface area (Å²) in [6.07, 6.45) is 0. The van der Waals surface area contributed by atoms with Gasteiger partial charge in [-0.3, -0.25) is 14.8 Å². The largest absolute Gasteiger partial charge is 0.478 e. The van der Waals surface area contributed by atoms with E-state index in [0.29, 0.717) is 17.1 Å². The Labute approximate surface area is 156 Å². The zero-order chi connectivity index (χ0) is 20.1. The van der Waals surface area contributed by atoms with Crippen molar-refractivity contribution >= 4 is 17.5 Å². The van der Waals surface area contributed by atoms with E-state index in [9.17, 15) is 20.0 Å². The van der Waals surface area contributed by atoms with Gasteiger partial charge < -0.3 is 10.4 Å². The summed E-state index contributed by atoms with van der Waals surface area (Å²) in [5.74, 6) is -1.01. The van der Waals surface area contributed by atoms with Gasteiger partial charge in [-0.2, -0.15) is 5.10 Å². The van der Waals surface area contributed by atoms with Crippen LogP contribution < -0.4 is 5.32 Å². The minimum Gasteiger partial charge on any atom is -0.478 e. The summed E-state index contributed by atoms with van der Waals surface area (Å²) in [7, 11) is 1.80. The smallest absolute Gasteiger partial charge is 0.334 e. The Morgan fingerprint density at radius 2 is 2.04 bits per heavy atom. The maximum absolute atomic E-state index is 12.1. The number of carboxylic acid groups (broad SMARTS) is 1. The molecule has 2 heterocycles. The number of aryl methyl sites for hydroxylation is 1. The first-order valence-electron chi connectivity index (χ1n) is 8.55. The summed E-state index contributed by atoms with van der Waals surface area (Å²) in [4.78, 5) is 22.9. The number of anilines is 1. The number of non-ortho nitro benzene ring substituents is 1. The highest BCUT2D eigenvalue weighted by Gasteiger charge is 2.39. The van der Waals surface area contributed by atoms with Crippen molar-refractivity contribution in [3.8, 4) is 0 Å². The molecule has 1 atom stereocenters. The first-order valence-corrected chi connectivity index (χ1v) is 8.55. The van der Waals surface area contributed by atoms with Gasteiger partial charge in [0.15, 0.2) is 0 Å². The number of allylic oxidation sites excluding steroid dienone is 1. The van der Waals surface area contributed by atoms with Crippen LogP contribution in [-0.4, -0.2) is 25.8 Å². The number of hydrogen-bond acceptors (Lipinski definition) is 5. The molecule has 0 fully saturated rings. The van der Waals surface area contributed by atoms with Gasteiger partial charge in [-0.25, -0.2) is 4.79 Å². The third-order valence-corrected chi connectivity index (χ3v) is 4.73. The van der Waals surface area contributed by atoms with E-state index in [2.05, 4.69) is 10.4 Å². The lowest BCUT2D eigenvalue weighted by molar-refractivity contribution is -0.384. The molecule has 8 heteroatoms. The standard InChI is InChI=1S/C19H22N4O4/c1-10-13(18(24)25)14(11-7-6-8-12(9-11)23(26)27)15-16(19(2,3)4)21-22(5)17(15)20-10/h6-9,14,20H,1-5H3,(H,24,25). The van der Waals surface area contributed by atoms with Crippen molar-refractivity contribution in [2.75, 3.05) is 5.32 Å². The van der Waals surface area contributed by atoms with Crippen LogP contribution in [0.1, 0.15) is 50.4 Å². The number of aromatic nitrogens is 2. The Bertz CT molecular complexity index is 982. The fourth-order valence-corrected chi connectivity index (χ4v) is 3.56. The highest BCUT2D eigenvalue weighted by atomic mass is 16.6. The van der Waals surface area contributed by atoms with Crippen molar-refractivity contribution in [3.63, 3.8) is 0 Å². The molecule has 0 amide bonds. The number of aliphatic carboxylic acids is 1. The molecule has 1 aromatic carbocycles. The van der Waals surface area contributed by atoms with Gasteiger partial charge in [0.2, 0.25) is 0 Å². The number of carboxylic acids is 1. The Hall–Kier alpha value is -3.16. The van der Waals surface area contributed by atoms with Crippen molar-refractivity contribution in [2.24, 2.45) is 7.05 Å². The second-order valence-electron chi connectivity index (χ2n) is 7.74. The average molecular weight is 370 g/mol. The molecule has 1 aromatic heterocycles. The fourth-order valence-electron chi connectivity index (χ4n) is 3.56. The quantitative estimate of drug-likeness (QED) is 0.631. The molecule has 27 heavy (non-hydrogen) atoms. The van der Waals surface area contributed by atoms with E-state index in [1.807, 2.05) is 20.8 Å².